The van der Waals surface area contributed by atoms with E-state index in [2.05, 4.69) is 5.32 Å². The van der Waals surface area contributed by atoms with Crippen molar-refractivity contribution in [1.82, 2.24) is 5.32 Å². The minimum absolute atomic E-state index is 0. The van der Waals surface area contributed by atoms with Gasteiger partial charge in [0.2, 0.25) is 0 Å². The van der Waals surface area contributed by atoms with Gasteiger partial charge in [0.05, 0.1) is 12.7 Å². The second-order valence-corrected chi connectivity index (χ2v) is 4.36. The minimum Gasteiger partial charge on any atom is -0.504 e. The Hall–Kier alpha value is -1.89. The Bertz CT molecular complexity index is 675. The molecule has 6 nitrogen and oxygen atoms in total. The molecule has 1 amide bonds. The van der Waals surface area contributed by atoms with Gasteiger partial charge in [-0.05, 0) is 29.8 Å². The van der Waals surface area contributed by atoms with Crippen molar-refractivity contribution in [3.63, 3.8) is 0 Å². The molecular formula is C15H15NNaO5. The maximum Gasteiger partial charge on any atom is 0.255 e. The molecule has 0 aromatic heterocycles. The number of phenolic OH excluding ortho intramolecular Hbond substituents is 3. The Morgan fingerprint density at radius 1 is 1.14 bits per heavy atom. The topological polar surface area (TPSA) is 99.0 Å². The number of benzene rings is 2. The Morgan fingerprint density at radius 3 is 2.55 bits per heavy atom. The smallest absolute Gasteiger partial charge is 0.255 e. The molecule has 111 valence electrons. The summed E-state index contributed by atoms with van der Waals surface area (Å²) in [6.07, 6.45) is 0. The van der Waals surface area contributed by atoms with Gasteiger partial charge in [-0.1, -0.05) is 12.1 Å². The summed E-state index contributed by atoms with van der Waals surface area (Å²) in [4.78, 5) is 11.9. The van der Waals surface area contributed by atoms with Crippen molar-refractivity contribution in [3.05, 3.63) is 47.5 Å². The van der Waals surface area contributed by atoms with E-state index in [1.807, 2.05) is 0 Å². The normalized spacial score (nSPS) is 9.68. The molecule has 0 unspecified atom stereocenters. The molecule has 0 saturated heterocycles. The number of nitrogens with one attached hydrogen (secondary N) is 1. The van der Waals surface area contributed by atoms with Crippen molar-refractivity contribution < 1.29 is 24.9 Å². The fourth-order valence-corrected chi connectivity index (χ4v) is 1.82. The fraction of sp³-hybridized carbons (Fsp3) is 0.133. The third-order valence-electron chi connectivity index (χ3n) is 2.96. The van der Waals surface area contributed by atoms with Gasteiger partial charge in [-0.3, -0.25) is 4.79 Å². The van der Waals surface area contributed by atoms with Crippen LogP contribution in [0.4, 0.5) is 0 Å². The monoisotopic (exact) mass is 312 g/mol. The van der Waals surface area contributed by atoms with E-state index in [4.69, 9.17) is 4.74 Å². The van der Waals surface area contributed by atoms with Gasteiger partial charge in [-0.25, -0.2) is 0 Å². The molecule has 0 spiro atoms. The van der Waals surface area contributed by atoms with E-state index in [0.717, 1.165) is 5.56 Å². The van der Waals surface area contributed by atoms with Gasteiger partial charge in [-0.2, -0.15) is 0 Å². The quantitative estimate of drug-likeness (QED) is 0.505. The Balaban J connectivity index is 0.00000242. The molecule has 0 saturated carbocycles. The van der Waals surface area contributed by atoms with E-state index in [-0.39, 0.29) is 53.2 Å². The van der Waals surface area contributed by atoms with Crippen LogP contribution in [0, 0.1) is 0 Å². The molecule has 0 aliphatic carbocycles. The zero-order valence-corrected chi connectivity index (χ0v) is 14.3. The average molecular weight is 312 g/mol. The molecule has 2 aromatic carbocycles. The van der Waals surface area contributed by atoms with Crippen LogP contribution in [0.5, 0.6) is 23.0 Å². The first-order chi connectivity index (χ1) is 10.0. The molecule has 0 bridgehead atoms. The SMILES string of the molecule is COc1cc(CNC(=O)c2cccc(O)c2O)ccc1O.[Na]. The summed E-state index contributed by atoms with van der Waals surface area (Å²) in [7, 11) is 1.43. The number of para-hydroxylation sites is 1. The van der Waals surface area contributed by atoms with E-state index >= 15 is 0 Å². The molecular weight excluding hydrogens is 297 g/mol. The van der Waals surface area contributed by atoms with Gasteiger partial charge >= 0.3 is 0 Å². The molecule has 0 aliphatic rings. The van der Waals surface area contributed by atoms with E-state index in [1.165, 1.54) is 31.4 Å². The number of carbonyl (C=O) groups is 1. The molecule has 4 N–H and O–H groups in total. The Labute approximate surface area is 149 Å². The molecule has 22 heavy (non-hydrogen) atoms. The maximum atomic E-state index is 11.9. The van der Waals surface area contributed by atoms with E-state index in [1.54, 1.807) is 12.1 Å². The molecule has 7 heteroatoms. The van der Waals surface area contributed by atoms with Gasteiger partial charge in [0.15, 0.2) is 23.0 Å². The second-order valence-electron chi connectivity index (χ2n) is 4.36. The first kappa shape index (κ1) is 18.2. The summed E-state index contributed by atoms with van der Waals surface area (Å²) in [5.41, 5.74) is 0.707. The first-order valence-electron chi connectivity index (χ1n) is 6.18. The standard InChI is InChI=1S/C15H15NO5.Na/c1-21-13-7-9(5-6-11(13)17)8-16-15(20)10-3-2-4-12(18)14(10)19;/h2-7,17-19H,8H2,1H3,(H,16,20);. The molecule has 0 atom stereocenters. The Kier molecular flexibility index (Phi) is 6.55. The van der Waals surface area contributed by atoms with Crippen molar-refractivity contribution >= 4 is 35.5 Å². The maximum absolute atomic E-state index is 11.9. The minimum atomic E-state index is -0.518. The van der Waals surface area contributed by atoms with Crippen LogP contribution in [0.2, 0.25) is 0 Å². The van der Waals surface area contributed by atoms with Gasteiger partial charge in [0, 0.05) is 36.1 Å². The molecule has 1 radical (unpaired) electrons. The zero-order chi connectivity index (χ0) is 15.4. The number of carbonyl (C=O) groups excluding carboxylic acids is 1. The van der Waals surface area contributed by atoms with Crippen LogP contribution in [-0.4, -0.2) is 57.9 Å². The number of aromatic hydroxyl groups is 3. The summed E-state index contributed by atoms with van der Waals surface area (Å²) >= 11 is 0. The number of amides is 1. The summed E-state index contributed by atoms with van der Waals surface area (Å²) in [6, 6.07) is 8.86. The van der Waals surface area contributed by atoms with Gasteiger partial charge < -0.3 is 25.4 Å². The average Bonchev–Trinajstić information content (AvgIpc) is 2.49. The number of rotatable bonds is 4. The summed E-state index contributed by atoms with van der Waals surface area (Å²) in [5, 5.41) is 31.1. The number of hydrogen-bond donors (Lipinski definition) is 4. The first-order valence-corrected chi connectivity index (χ1v) is 6.18. The summed E-state index contributed by atoms with van der Waals surface area (Å²) in [5.74, 6) is -1.01. The molecule has 0 fully saturated rings. The largest absolute Gasteiger partial charge is 0.504 e. The predicted octanol–water partition coefficient (Wildman–Crippen LogP) is 1.36. The molecule has 0 aliphatic heterocycles. The van der Waals surface area contributed by atoms with Crippen LogP contribution in [0.1, 0.15) is 15.9 Å². The second kappa shape index (κ2) is 7.93. The number of methoxy groups -OCH3 is 1. The van der Waals surface area contributed by atoms with E-state index in [0.29, 0.717) is 5.75 Å². The number of phenols is 3. The summed E-state index contributed by atoms with van der Waals surface area (Å²) in [6.45, 7) is 0.185. The van der Waals surface area contributed by atoms with Crippen LogP contribution in [0.3, 0.4) is 0 Å². The van der Waals surface area contributed by atoms with E-state index in [9.17, 15) is 20.1 Å². The zero-order valence-electron chi connectivity index (χ0n) is 12.3. The Morgan fingerprint density at radius 2 is 1.86 bits per heavy atom. The summed E-state index contributed by atoms with van der Waals surface area (Å²) < 4.78 is 4.98. The van der Waals surface area contributed by atoms with Crippen molar-refractivity contribution in [2.24, 2.45) is 0 Å². The van der Waals surface area contributed by atoms with Gasteiger partial charge in [0.1, 0.15) is 0 Å². The molecule has 2 rings (SSSR count). The number of hydrogen-bond acceptors (Lipinski definition) is 5. The van der Waals surface area contributed by atoms with Crippen molar-refractivity contribution in [3.8, 4) is 23.0 Å². The van der Waals surface area contributed by atoms with Crippen molar-refractivity contribution in [2.45, 2.75) is 6.54 Å². The van der Waals surface area contributed by atoms with Crippen molar-refractivity contribution in [1.29, 1.82) is 0 Å². The van der Waals surface area contributed by atoms with Gasteiger partial charge in [0.25, 0.3) is 5.91 Å². The van der Waals surface area contributed by atoms with E-state index < -0.39 is 11.7 Å². The van der Waals surface area contributed by atoms with Crippen LogP contribution >= 0.6 is 0 Å². The van der Waals surface area contributed by atoms with Crippen molar-refractivity contribution in [2.75, 3.05) is 7.11 Å². The van der Waals surface area contributed by atoms with Crippen LogP contribution < -0.4 is 10.1 Å². The van der Waals surface area contributed by atoms with Crippen LogP contribution in [0.15, 0.2) is 36.4 Å². The molecule has 0 heterocycles. The third-order valence-corrected chi connectivity index (χ3v) is 2.96. The number of ether oxygens (including phenoxy) is 1. The van der Waals surface area contributed by atoms with Crippen LogP contribution in [0.25, 0.3) is 0 Å². The third kappa shape index (κ3) is 4.07. The van der Waals surface area contributed by atoms with Gasteiger partial charge in [-0.15, -0.1) is 0 Å². The molecule has 2 aromatic rings. The predicted molar refractivity (Wildman–Crippen MR) is 81.4 cm³/mol. The fourth-order valence-electron chi connectivity index (χ4n) is 1.82. The van der Waals surface area contributed by atoms with Crippen LogP contribution in [-0.2, 0) is 6.54 Å².